The highest BCUT2D eigenvalue weighted by atomic mass is 19.1. The molecule has 2 N–H and O–H groups in total. The van der Waals surface area contributed by atoms with Gasteiger partial charge >= 0.3 is 5.69 Å². The van der Waals surface area contributed by atoms with Gasteiger partial charge in [-0.05, 0) is 17.7 Å². The molecule has 12 heteroatoms. The van der Waals surface area contributed by atoms with Crippen molar-refractivity contribution >= 4 is 28.3 Å². The van der Waals surface area contributed by atoms with Crippen molar-refractivity contribution < 1.29 is 8.78 Å². The van der Waals surface area contributed by atoms with E-state index >= 15 is 0 Å². The van der Waals surface area contributed by atoms with E-state index < -0.39 is 11.6 Å². The number of piperazine rings is 1. The van der Waals surface area contributed by atoms with Crippen LogP contribution in [0.1, 0.15) is 5.56 Å². The van der Waals surface area contributed by atoms with Crippen LogP contribution < -0.4 is 16.3 Å². The summed E-state index contributed by atoms with van der Waals surface area (Å²) in [5, 5.41) is 9.67. The molecule has 190 valence electrons. The van der Waals surface area contributed by atoms with Gasteiger partial charge in [0.25, 0.3) is 0 Å². The lowest BCUT2D eigenvalue weighted by Crippen LogP contribution is -2.47. The smallest absolute Gasteiger partial charge is 0.353 e. The van der Waals surface area contributed by atoms with Gasteiger partial charge < -0.3 is 10.6 Å². The third-order valence-electron chi connectivity index (χ3n) is 6.77. The lowest BCUT2D eigenvalue weighted by Gasteiger charge is -2.36. The number of aromatic nitrogens is 6. The number of nitrogens with zero attached hydrogens (tertiary/aromatic N) is 8. The lowest BCUT2D eigenvalue weighted by molar-refractivity contribution is 0.245. The molecule has 0 amide bonds. The summed E-state index contributed by atoms with van der Waals surface area (Å²) in [5.74, 6) is -1.06. The SMILES string of the molecule is Nc1nc2c(cnn2CCN2CCN(c3ccc(F)cc3F)CC2)c2nn(Cc3ccccc3)c(=O)n12. The monoisotopic (exact) mass is 505 g/mol. The largest absolute Gasteiger partial charge is 0.369 e. The van der Waals surface area contributed by atoms with Crippen LogP contribution in [-0.2, 0) is 13.1 Å². The average molecular weight is 506 g/mol. The maximum Gasteiger partial charge on any atom is 0.353 e. The highest BCUT2D eigenvalue weighted by Gasteiger charge is 2.21. The highest BCUT2D eigenvalue weighted by Crippen LogP contribution is 2.22. The van der Waals surface area contributed by atoms with Crippen molar-refractivity contribution in [2.45, 2.75) is 13.1 Å². The van der Waals surface area contributed by atoms with E-state index in [0.29, 0.717) is 55.1 Å². The highest BCUT2D eigenvalue weighted by molar-refractivity contribution is 5.89. The zero-order valence-electron chi connectivity index (χ0n) is 20.0. The standard InChI is InChI=1S/C25H25F2N9O/c26-18-6-7-21(20(27)14-18)33-11-8-32(9-12-33)10-13-34-22-19(15-29-34)23-31-35(16-17-4-2-1-3-5-17)25(37)36(23)24(28)30-22/h1-7,14-15H,8-13,16H2,(H2,28,30). The number of hydrogen-bond acceptors (Lipinski definition) is 7. The van der Waals surface area contributed by atoms with Crippen LogP contribution in [0.4, 0.5) is 20.4 Å². The van der Waals surface area contributed by atoms with E-state index in [1.54, 1.807) is 10.9 Å². The molecular weight excluding hydrogens is 480 g/mol. The number of halogens is 2. The molecule has 0 unspecified atom stereocenters. The van der Waals surface area contributed by atoms with E-state index in [4.69, 9.17) is 5.73 Å². The molecule has 10 nitrogen and oxygen atoms in total. The number of anilines is 2. The van der Waals surface area contributed by atoms with E-state index in [1.165, 1.54) is 21.2 Å². The quantitative estimate of drug-likeness (QED) is 0.377. The summed E-state index contributed by atoms with van der Waals surface area (Å²) < 4.78 is 31.8. The minimum Gasteiger partial charge on any atom is -0.369 e. The summed E-state index contributed by atoms with van der Waals surface area (Å²) in [4.78, 5) is 21.6. The molecule has 5 aromatic rings. The minimum absolute atomic E-state index is 0.0588. The zero-order valence-corrected chi connectivity index (χ0v) is 20.0. The normalized spacial score (nSPS) is 14.7. The Kier molecular flexibility index (Phi) is 5.80. The van der Waals surface area contributed by atoms with Gasteiger partial charge in [0, 0.05) is 38.8 Å². The maximum atomic E-state index is 14.1. The molecule has 1 saturated heterocycles. The lowest BCUT2D eigenvalue weighted by atomic mass is 10.2. The number of benzene rings is 2. The summed E-state index contributed by atoms with van der Waals surface area (Å²) in [6.45, 7) is 4.32. The van der Waals surface area contributed by atoms with Crippen molar-refractivity contribution in [2.75, 3.05) is 43.4 Å². The molecule has 0 spiro atoms. The molecule has 0 aliphatic carbocycles. The fourth-order valence-electron chi connectivity index (χ4n) is 4.81. The van der Waals surface area contributed by atoms with Crippen LogP contribution in [0.5, 0.6) is 0 Å². The first-order valence-electron chi connectivity index (χ1n) is 12.0. The Hall–Kier alpha value is -4.32. The molecule has 4 heterocycles. The Balaban J connectivity index is 1.18. The van der Waals surface area contributed by atoms with Crippen LogP contribution in [0.2, 0.25) is 0 Å². The van der Waals surface area contributed by atoms with E-state index in [2.05, 4.69) is 20.1 Å². The molecule has 0 bridgehead atoms. The number of nitrogen functional groups attached to an aromatic ring is 1. The van der Waals surface area contributed by atoms with E-state index in [9.17, 15) is 13.6 Å². The van der Waals surface area contributed by atoms with Crippen LogP contribution >= 0.6 is 0 Å². The van der Waals surface area contributed by atoms with Gasteiger partial charge in [0.2, 0.25) is 5.95 Å². The first kappa shape index (κ1) is 23.1. The fourth-order valence-corrected chi connectivity index (χ4v) is 4.81. The number of nitrogens with two attached hydrogens (primary N) is 1. The Morgan fingerprint density at radius 2 is 1.70 bits per heavy atom. The molecule has 0 radical (unpaired) electrons. The Morgan fingerprint density at radius 1 is 0.919 bits per heavy atom. The predicted octanol–water partition coefficient (Wildman–Crippen LogP) is 1.97. The number of hydrogen-bond donors (Lipinski definition) is 1. The average Bonchev–Trinajstić information content (AvgIpc) is 3.45. The van der Waals surface area contributed by atoms with Crippen molar-refractivity contribution in [1.29, 1.82) is 0 Å². The van der Waals surface area contributed by atoms with Crippen molar-refractivity contribution in [3.05, 3.63) is 82.4 Å². The molecule has 3 aromatic heterocycles. The molecule has 6 rings (SSSR count). The Morgan fingerprint density at radius 3 is 2.46 bits per heavy atom. The first-order valence-corrected chi connectivity index (χ1v) is 12.0. The van der Waals surface area contributed by atoms with Crippen molar-refractivity contribution in [3.8, 4) is 0 Å². The fraction of sp³-hybridized carbons (Fsp3) is 0.280. The second-order valence-corrected chi connectivity index (χ2v) is 9.08. The van der Waals surface area contributed by atoms with Gasteiger partial charge in [-0.1, -0.05) is 30.3 Å². The molecule has 0 saturated carbocycles. The summed E-state index contributed by atoms with van der Waals surface area (Å²) in [6.07, 6.45) is 1.66. The molecule has 1 aliphatic heterocycles. The second kappa shape index (κ2) is 9.28. The number of fused-ring (bicyclic) bond motifs is 3. The Bertz CT molecular complexity index is 1640. The number of rotatable bonds is 6. The van der Waals surface area contributed by atoms with Crippen LogP contribution in [0.3, 0.4) is 0 Å². The van der Waals surface area contributed by atoms with Gasteiger partial charge in [-0.25, -0.2) is 27.3 Å². The van der Waals surface area contributed by atoms with E-state index in [0.717, 1.165) is 24.7 Å². The molecule has 0 atom stereocenters. The summed E-state index contributed by atoms with van der Waals surface area (Å²) in [5.41, 5.74) is 8.18. The van der Waals surface area contributed by atoms with Gasteiger partial charge in [0.05, 0.1) is 30.4 Å². The third-order valence-corrected chi connectivity index (χ3v) is 6.77. The minimum atomic E-state index is -0.578. The summed E-state index contributed by atoms with van der Waals surface area (Å²) in [7, 11) is 0. The summed E-state index contributed by atoms with van der Waals surface area (Å²) in [6, 6.07) is 13.3. The van der Waals surface area contributed by atoms with Crippen molar-refractivity contribution in [3.63, 3.8) is 0 Å². The molecule has 1 fully saturated rings. The van der Waals surface area contributed by atoms with Gasteiger partial charge in [0.1, 0.15) is 11.6 Å². The van der Waals surface area contributed by atoms with Crippen LogP contribution in [0.15, 0.2) is 59.5 Å². The molecule has 2 aromatic carbocycles. The molecule has 1 aliphatic rings. The second-order valence-electron chi connectivity index (χ2n) is 9.08. The maximum absolute atomic E-state index is 14.1. The van der Waals surface area contributed by atoms with Crippen LogP contribution in [0.25, 0.3) is 16.7 Å². The van der Waals surface area contributed by atoms with Gasteiger partial charge in [0.15, 0.2) is 11.3 Å². The third kappa shape index (κ3) is 4.29. The van der Waals surface area contributed by atoms with Crippen molar-refractivity contribution in [2.24, 2.45) is 0 Å². The molecular formula is C25H25F2N9O. The van der Waals surface area contributed by atoms with E-state index in [-0.39, 0.29) is 11.6 Å². The van der Waals surface area contributed by atoms with Gasteiger partial charge in [-0.3, -0.25) is 4.90 Å². The zero-order chi connectivity index (χ0) is 25.5. The van der Waals surface area contributed by atoms with Crippen LogP contribution in [-0.4, -0.2) is 66.6 Å². The predicted molar refractivity (Wildman–Crippen MR) is 136 cm³/mol. The van der Waals surface area contributed by atoms with E-state index in [1.807, 2.05) is 35.2 Å². The first-order chi connectivity index (χ1) is 18.0. The topological polar surface area (TPSA) is 103 Å². The van der Waals surface area contributed by atoms with Crippen LogP contribution in [0, 0.1) is 11.6 Å². The molecule has 37 heavy (non-hydrogen) atoms. The van der Waals surface area contributed by atoms with Gasteiger partial charge in [-0.15, -0.1) is 5.10 Å². The van der Waals surface area contributed by atoms with Crippen molar-refractivity contribution in [1.82, 2.24) is 33.8 Å². The van der Waals surface area contributed by atoms with Gasteiger partial charge in [-0.2, -0.15) is 10.1 Å². The summed E-state index contributed by atoms with van der Waals surface area (Å²) >= 11 is 0. The Labute approximate surface area is 210 Å².